The molecule has 2 heterocycles. The predicted octanol–water partition coefficient (Wildman–Crippen LogP) is 1.27. The number of methoxy groups -OCH3 is 1. The van der Waals surface area contributed by atoms with Gasteiger partial charge in [-0.3, -0.25) is 0 Å². The van der Waals surface area contributed by atoms with Crippen molar-refractivity contribution >= 4 is 11.8 Å². The SMILES string of the molecule is CO[C@H](C)c1noc(CN(C)c2ccnc(N(C)C)n2)n1. The molecule has 0 spiro atoms. The summed E-state index contributed by atoms with van der Waals surface area (Å²) in [6, 6.07) is 1.84. The maximum Gasteiger partial charge on any atom is 0.246 e. The van der Waals surface area contributed by atoms with Crippen molar-refractivity contribution in [3.8, 4) is 0 Å². The van der Waals surface area contributed by atoms with Crippen molar-refractivity contribution in [1.29, 1.82) is 0 Å². The molecule has 8 heteroatoms. The number of nitrogens with zero attached hydrogens (tertiary/aromatic N) is 6. The van der Waals surface area contributed by atoms with Crippen LogP contribution in [0, 0.1) is 0 Å². The van der Waals surface area contributed by atoms with Gasteiger partial charge in [-0.15, -0.1) is 0 Å². The van der Waals surface area contributed by atoms with Crippen LogP contribution in [-0.2, 0) is 11.3 Å². The van der Waals surface area contributed by atoms with E-state index in [0.29, 0.717) is 24.2 Å². The molecule has 0 unspecified atom stereocenters. The van der Waals surface area contributed by atoms with Gasteiger partial charge in [0.25, 0.3) is 0 Å². The average molecular weight is 292 g/mol. The zero-order valence-electron chi connectivity index (χ0n) is 12.9. The lowest BCUT2D eigenvalue weighted by Gasteiger charge is -2.17. The van der Waals surface area contributed by atoms with E-state index in [1.54, 1.807) is 13.3 Å². The van der Waals surface area contributed by atoms with E-state index in [2.05, 4.69) is 20.1 Å². The van der Waals surface area contributed by atoms with Crippen molar-refractivity contribution in [1.82, 2.24) is 20.1 Å². The fourth-order valence-corrected chi connectivity index (χ4v) is 1.65. The molecule has 0 fully saturated rings. The summed E-state index contributed by atoms with van der Waals surface area (Å²) in [5, 5.41) is 3.90. The minimum absolute atomic E-state index is 0.188. The third-order valence-corrected chi connectivity index (χ3v) is 2.99. The fourth-order valence-electron chi connectivity index (χ4n) is 1.65. The lowest BCUT2D eigenvalue weighted by molar-refractivity contribution is 0.109. The average Bonchev–Trinajstić information content (AvgIpc) is 2.95. The molecule has 0 saturated heterocycles. The molecule has 0 N–H and O–H groups in total. The highest BCUT2D eigenvalue weighted by Crippen LogP contribution is 2.16. The van der Waals surface area contributed by atoms with Crippen LogP contribution in [-0.4, -0.2) is 48.4 Å². The molecule has 0 aliphatic carbocycles. The van der Waals surface area contributed by atoms with Gasteiger partial charge in [0.2, 0.25) is 11.8 Å². The first-order valence-corrected chi connectivity index (χ1v) is 6.58. The Bertz CT molecular complexity index is 586. The van der Waals surface area contributed by atoms with Crippen molar-refractivity contribution in [3.05, 3.63) is 24.0 Å². The molecule has 0 bridgehead atoms. The monoisotopic (exact) mass is 292 g/mol. The highest BCUT2D eigenvalue weighted by molar-refractivity contribution is 5.42. The van der Waals surface area contributed by atoms with Crippen LogP contribution in [0.3, 0.4) is 0 Å². The van der Waals surface area contributed by atoms with Crippen LogP contribution in [0.1, 0.15) is 24.7 Å². The minimum Gasteiger partial charge on any atom is -0.374 e. The van der Waals surface area contributed by atoms with E-state index < -0.39 is 0 Å². The predicted molar refractivity (Wildman–Crippen MR) is 78.2 cm³/mol. The van der Waals surface area contributed by atoms with E-state index >= 15 is 0 Å². The van der Waals surface area contributed by atoms with Crippen molar-refractivity contribution in [3.63, 3.8) is 0 Å². The molecule has 8 nitrogen and oxygen atoms in total. The standard InChI is InChI=1S/C13H20N6O2/c1-9(20-5)12-16-11(21-17-12)8-19(4)10-6-7-14-13(15-10)18(2)3/h6-7,9H,8H2,1-5H3/t9-/m1/s1. The Labute approximate surface area is 123 Å². The molecule has 1 atom stereocenters. The van der Waals surface area contributed by atoms with Gasteiger partial charge in [-0.2, -0.15) is 9.97 Å². The van der Waals surface area contributed by atoms with E-state index in [4.69, 9.17) is 9.26 Å². The molecule has 21 heavy (non-hydrogen) atoms. The Morgan fingerprint density at radius 1 is 1.29 bits per heavy atom. The van der Waals surface area contributed by atoms with E-state index in [1.807, 2.05) is 43.9 Å². The van der Waals surface area contributed by atoms with Crippen molar-refractivity contribution in [2.75, 3.05) is 38.1 Å². The Hall–Kier alpha value is -2.22. The van der Waals surface area contributed by atoms with E-state index in [1.165, 1.54) is 0 Å². The number of ether oxygens (including phenoxy) is 1. The van der Waals surface area contributed by atoms with Gasteiger partial charge in [-0.25, -0.2) is 4.98 Å². The van der Waals surface area contributed by atoms with Crippen LogP contribution in [0.5, 0.6) is 0 Å². The van der Waals surface area contributed by atoms with Crippen LogP contribution in [0.4, 0.5) is 11.8 Å². The van der Waals surface area contributed by atoms with Crippen LogP contribution < -0.4 is 9.80 Å². The molecule has 2 rings (SSSR count). The molecule has 2 aromatic heterocycles. The lowest BCUT2D eigenvalue weighted by atomic mass is 10.4. The zero-order valence-corrected chi connectivity index (χ0v) is 12.9. The van der Waals surface area contributed by atoms with Gasteiger partial charge in [-0.1, -0.05) is 5.16 Å². The summed E-state index contributed by atoms with van der Waals surface area (Å²) in [6.07, 6.45) is 1.53. The Morgan fingerprint density at radius 3 is 2.71 bits per heavy atom. The van der Waals surface area contributed by atoms with E-state index in [9.17, 15) is 0 Å². The molecule has 0 amide bonds. The summed E-state index contributed by atoms with van der Waals surface area (Å²) in [5.74, 6) is 2.49. The third-order valence-electron chi connectivity index (χ3n) is 2.99. The second-order valence-corrected chi connectivity index (χ2v) is 4.89. The number of hydrogen-bond acceptors (Lipinski definition) is 8. The normalized spacial score (nSPS) is 12.2. The molecular formula is C13H20N6O2. The summed E-state index contributed by atoms with van der Waals surface area (Å²) in [6.45, 7) is 2.33. The Balaban J connectivity index is 2.09. The second kappa shape index (κ2) is 6.49. The highest BCUT2D eigenvalue weighted by Gasteiger charge is 2.15. The molecule has 114 valence electrons. The second-order valence-electron chi connectivity index (χ2n) is 4.89. The summed E-state index contributed by atoms with van der Waals surface area (Å²) >= 11 is 0. The zero-order chi connectivity index (χ0) is 15.4. The molecule has 2 aromatic rings. The maximum absolute atomic E-state index is 5.22. The minimum atomic E-state index is -0.188. The van der Waals surface area contributed by atoms with Gasteiger partial charge in [0.05, 0.1) is 6.54 Å². The summed E-state index contributed by atoms with van der Waals surface area (Å²) < 4.78 is 10.4. The first-order chi connectivity index (χ1) is 10.0. The third kappa shape index (κ3) is 3.66. The van der Waals surface area contributed by atoms with Crippen molar-refractivity contribution in [2.24, 2.45) is 0 Å². The number of hydrogen-bond donors (Lipinski definition) is 0. The first-order valence-electron chi connectivity index (χ1n) is 6.58. The molecule has 0 radical (unpaired) electrons. The van der Waals surface area contributed by atoms with Gasteiger partial charge in [0.1, 0.15) is 11.9 Å². The Kier molecular flexibility index (Phi) is 4.69. The van der Waals surface area contributed by atoms with Crippen molar-refractivity contribution < 1.29 is 9.26 Å². The van der Waals surface area contributed by atoms with Crippen LogP contribution in [0.15, 0.2) is 16.8 Å². The van der Waals surface area contributed by atoms with Crippen LogP contribution >= 0.6 is 0 Å². The van der Waals surface area contributed by atoms with Crippen LogP contribution in [0.2, 0.25) is 0 Å². The lowest BCUT2D eigenvalue weighted by Crippen LogP contribution is -2.20. The maximum atomic E-state index is 5.22. The Morgan fingerprint density at radius 2 is 2.05 bits per heavy atom. The summed E-state index contributed by atoms with van der Waals surface area (Å²) in [4.78, 5) is 16.7. The van der Waals surface area contributed by atoms with E-state index in [0.717, 1.165) is 5.82 Å². The number of rotatable bonds is 6. The molecule has 0 saturated carbocycles. The van der Waals surface area contributed by atoms with Crippen molar-refractivity contribution in [2.45, 2.75) is 19.6 Å². The van der Waals surface area contributed by atoms with Gasteiger partial charge in [0, 0.05) is 34.4 Å². The van der Waals surface area contributed by atoms with Gasteiger partial charge in [-0.05, 0) is 13.0 Å². The smallest absolute Gasteiger partial charge is 0.246 e. The van der Waals surface area contributed by atoms with Gasteiger partial charge in [0.15, 0.2) is 5.82 Å². The van der Waals surface area contributed by atoms with Crippen LogP contribution in [0.25, 0.3) is 0 Å². The molecule has 0 aliphatic rings. The van der Waals surface area contributed by atoms with Gasteiger partial charge < -0.3 is 19.1 Å². The largest absolute Gasteiger partial charge is 0.374 e. The molecule has 0 aliphatic heterocycles. The van der Waals surface area contributed by atoms with E-state index in [-0.39, 0.29) is 6.10 Å². The summed E-state index contributed by atoms with van der Waals surface area (Å²) in [7, 11) is 7.31. The molecule has 0 aromatic carbocycles. The quantitative estimate of drug-likeness (QED) is 0.787. The number of anilines is 2. The highest BCUT2D eigenvalue weighted by atomic mass is 16.5. The van der Waals surface area contributed by atoms with Gasteiger partial charge >= 0.3 is 0 Å². The fraction of sp³-hybridized carbons (Fsp3) is 0.538. The molecular weight excluding hydrogens is 272 g/mol. The number of aromatic nitrogens is 4. The first kappa shape index (κ1) is 15.2. The topological polar surface area (TPSA) is 80.4 Å². The summed E-state index contributed by atoms with van der Waals surface area (Å²) in [5.41, 5.74) is 0.